The van der Waals surface area contributed by atoms with Gasteiger partial charge in [0, 0.05) is 25.3 Å². The van der Waals surface area contributed by atoms with Crippen molar-refractivity contribution in [3.05, 3.63) is 29.8 Å². The summed E-state index contributed by atoms with van der Waals surface area (Å²) in [6.07, 6.45) is 0. The summed E-state index contributed by atoms with van der Waals surface area (Å²) >= 11 is 0. The number of amides is 1. The molecule has 0 aliphatic rings. The Hall–Kier alpha value is -1.30. The quantitative estimate of drug-likeness (QED) is 0.683. The van der Waals surface area contributed by atoms with Crippen molar-refractivity contribution in [2.45, 2.75) is 19.9 Å². The maximum absolute atomic E-state index is 12.0. The first-order valence-electron chi connectivity index (χ1n) is 6.90. The molecule has 0 saturated carbocycles. The molecule has 0 radical (unpaired) electrons. The van der Waals surface area contributed by atoms with Crippen LogP contribution in [0, 0.1) is 0 Å². The first-order chi connectivity index (χ1) is 9.67. The lowest BCUT2D eigenvalue weighted by Crippen LogP contribution is -2.38. The van der Waals surface area contributed by atoms with Gasteiger partial charge in [-0.05, 0) is 31.7 Å². The summed E-state index contributed by atoms with van der Waals surface area (Å²) in [4.78, 5) is 12.0. The Morgan fingerprint density at radius 2 is 2.10 bits per heavy atom. The van der Waals surface area contributed by atoms with Crippen LogP contribution in [0.4, 0.5) is 0 Å². The third kappa shape index (κ3) is 7.90. The molecule has 120 valence electrons. The Labute approximate surface area is 132 Å². The maximum Gasteiger partial charge on any atom is 0.251 e. The molecule has 21 heavy (non-hydrogen) atoms. The van der Waals surface area contributed by atoms with Crippen LogP contribution in [-0.4, -0.2) is 45.4 Å². The minimum Gasteiger partial charge on any atom is -0.491 e. The van der Waals surface area contributed by atoms with E-state index in [0.29, 0.717) is 31.1 Å². The van der Waals surface area contributed by atoms with Gasteiger partial charge in [0.15, 0.2) is 0 Å². The monoisotopic (exact) mass is 316 g/mol. The van der Waals surface area contributed by atoms with E-state index in [9.17, 15) is 4.79 Å². The maximum atomic E-state index is 12.0. The average Bonchev–Trinajstić information content (AvgIpc) is 2.46. The Balaban J connectivity index is 0.00000400. The smallest absolute Gasteiger partial charge is 0.251 e. The van der Waals surface area contributed by atoms with Gasteiger partial charge in [0.1, 0.15) is 12.4 Å². The second-order valence-electron chi connectivity index (χ2n) is 4.54. The Bertz CT molecular complexity index is 416. The van der Waals surface area contributed by atoms with Crippen LogP contribution >= 0.6 is 12.4 Å². The summed E-state index contributed by atoms with van der Waals surface area (Å²) < 4.78 is 10.4. The van der Waals surface area contributed by atoms with E-state index in [2.05, 4.69) is 10.6 Å². The third-order valence-electron chi connectivity index (χ3n) is 2.77. The van der Waals surface area contributed by atoms with Crippen molar-refractivity contribution in [2.24, 2.45) is 0 Å². The zero-order valence-corrected chi connectivity index (χ0v) is 13.7. The molecule has 1 atom stereocenters. The second kappa shape index (κ2) is 11.4. The minimum absolute atomic E-state index is 0. The number of nitrogens with one attached hydrogen (secondary N) is 2. The topological polar surface area (TPSA) is 59.6 Å². The number of benzene rings is 1. The highest BCUT2D eigenvalue weighted by molar-refractivity contribution is 5.94. The van der Waals surface area contributed by atoms with Crippen LogP contribution in [0.3, 0.4) is 0 Å². The molecule has 0 unspecified atom stereocenters. The van der Waals surface area contributed by atoms with Gasteiger partial charge in [-0.25, -0.2) is 0 Å². The summed E-state index contributed by atoms with van der Waals surface area (Å²) in [6, 6.07) is 7.41. The number of hydrogen-bond acceptors (Lipinski definition) is 4. The van der Waals surface area contributed by atoms with Crippen LogP contribution in [0.25, 0.3) is 0 Å². The van der Waals surface area contributed by atoms with Crippen LogP contribution < -0.4 is 15.4 Å². The molecule has 0 fully saturated rings. The fraction of sp³-hybridized carbons (Fsp3) is 0.533. The molecular weight excluding hydrogens is 292 g/mol. The Morgan fingerprint density at radius 3 is 2.76 bits per heavy atom. The van der Waals surface area contributed by atoms with Gasteiger partial charge in [-0.15, -0.1) is 12.4 Å². The lowest BCUT2D eigenvalue weighted by atomic mass is 10.2. The number of carbonyl (C=O) groups excluding carboxylic acids is 1. The predicted molar refractivity (Wildman–Crippen MR) is 86.5 cm³/mol. The van der Waals surface area contributed by atoms with Crippen molar-refractivity contribution < 1.29 is 14.3 Å². The molecule has 0 saturated heterocycles. The van der Waals surface area contributed by atoms with Crippen LogP contribution in [0.2, 0.25) is 0 Å². The van der Waals surface area contributed by atoms with E-state index in [1.165, 1.54) is 0 Å². The van der Waals surface area contributed by atoms with E-state index >= 15 is 0 Å². The van der Waals surface area contributed by atoms with Crippen LogP contribution in [0.15, 0.2) is 24.3 Å². The lowest BCUT2D eigenvalue weighted by molar-refractivity contribution is 0.0949. The highest BCUT2D eigenvalue weighted by Gasteiger charge is 2.08. The summed E-state index contributed by atoms with van der Waals surface area (Å²) in [5.74, 6) is 0.585. The average molecular weight is 317 g/mol. The summed E-state index contributed by atoms with van der Waals surface area (Å²) in [6.45, 7) is 6.56. The molecule has 0 heterocycles. The molecule has 1 amide bonds. The molecule has 0 aliphatic heterocycles. The van der Waals surface area contributed by atoms with E-state index in [0.717, 1.165) is 6.54 Å². The van der Waals surface area contributed by atoms with Crippen LogP contribution in [0.5, 0.6) is 5.75 Å². The molecular formula is C15H25ClN2O3. The molecule has 0 aliphatic carbocycles. The third-order valence-corrected chi connectivity index (χ3v) is 2.77. The highest BCUT2D eigenvalue weighted by Crippen LogP contribution is 2.13. The normalized spacial score (nSPS) is 11.4. The van der Waals surface area contributed by atoms with E-state index in [1.54, 1.807) is 19.2 Å². The van der Waals surface area contributed by atoms with Gasteiger partial charge in [0.05, 0.1) is 6.61 Å². The largest absolute Gasteiger partial charge is 0.491 e. The summed E-state index contributed by atoms with van der Waals surface area (Å²) in [5.41, 5.74) is 0.601. The molecule has 2 N–H and O–H groups in total. The highest BCUT2D eigenvalue weighted by atomic mass is 35.5. The number of hydrogen-bond donors (Lipinski definition) is 2. The van der Waals surface area contributed by atoms with E-state index < -0.39 is 0 Å². The molecule has 0 aromatic heterocycles. The first-order valence-corrected chi connectivity index (χ1v) is 6.90. The Kier molecular flexibility index (Phi) is 10.7. The summed E-state index contributed by atoms with van der Waals surface area (Å²) in [5, 5.41) is 6.14. The number of likely N-dealkylation sites (N-methyl/N-ethyl adjacent to an activating group) is 1. The van der Waals surface area contributed by atoms with Crippen molar-refractivity contribution in [3.8, 4) is 5.75 Å². The number of halogens is 1. The Morgan fingerprint density at radius 1 is 1.33 bits per heavy atom. The second-order valence-corrected chi connectivity index (χ2v) is 4.54. The van der Waals surface area contributed by atoms with Gasteiger partial charge < -0.3 is 20.1 Å². The number of methoxy groups -OCH3 is 1. The van der Waals surface area contributed by atoms with Crippen molar-refractivity contribution in [2.75, 3.05) is 33.4 Å². The SMILES string of the molecule is CCN[C@H](C)CNC(=O)c1cccc(OCCOC)c1.Cl. The fourth-order valence-corrected chi connectivity index (χ4v) is 1.74. The summed E-state index contributed by atoms with van der Waals surface area (Å²) in [7, 11) is 1.62. The zero-order valence-electron chi connectivity index (χ0n) is 12.8. The van der Waals surface area contributed by atoms with Crippen LogP contribution in [0.1, 0.15) is 24.2 Å². The molecule has 1 aromatic rings. The number of carbonyl (C=O) groups is 1. The molecule has 0 bridgehead atoms. The van der Waals surface area contributed by atoms with Crippen molar-refractivity contribution in [1.82, 2.24) is 10.6 Å². The van der Waals surface area contributed by atoms with Gasteiger partial charge in [-0.1, -0.05) is 13.0 Å². The molecule has 0 spiro atoms. The molecule has 1 aromatic carbocycles. The standard InChI is InChI=1S/C15H24N2O3.ClH/c1-4-16-12(2)11-17-15(18)13-6-5-7-14(10-13)20-9-8-19-3;/h5-7,10,12,16H,4,8-9,11H2,1-3H3,(H,17,18);1H/t12-;/m1./s1. The fourth-order valence-electron chi connectivity index (χ4n) is 1.74. The lowest BCUT2D eigenvalue weighted by Gasteiger charge is -2.13. The van der Waals surface area contributed by atoms with E-state index in [1.807, 2.05) is 26.0 Å². The predicted octanol–water partition coefficient (Wildman–Crippen LogP) is 1.86. The van der Waals surface area contributed by atoms with Gasteiger partial charge >= 0.3 is 0 Å². The van der Waals surface area contributed by atoms with Crippen molar-refractivity contribution >= 4 is 18.3 Å². The minimum atomic E-state index is -0.0908. The van der Waals surface area contributed by atoms with Crippen molar-refractivity contribution in [3.63, 3.8) is 0 Å². The van der Waals surface area contributed by atoms with E-state index in [4.69, 9.17) is 9.47 Å². The van der Waals surface area contributed by atoms with Crippen molar-refractivity contribution in [1.29, 1.82) is 0 Å². The van der Waals surface area contributed by atoms with E-state index in [-0.39, 0.29) is 24.4 Å². The first kappa shape index (κ1) is 19.7. The molecule has 1 rings (SSSR count). The van der Waals surface area contributed by atoms with Gasteiger partial charge in [-0.3, -0.25) is 4.79 Å². The number of rotatable bonds is 9. The number of ether oxygens (including phenoxy) is 2. The van der Waals surface area contributed by atoms with Gasteiger partial charge in [0.2, 0.25) is 0 Å². The van der Waals surface area contributed by atoms with Gasteiger partial charge in [0.25, 0.3) is 5.91 Å². The van der Waals surface area contributed by atoms with Gasteiger partial charge in [-0.2, -0.15) is 0 Å². The molecule has 5 nitrogen and oxygen atoms in total. The molecule has 6 heteroatoms. The zero-order chi connectivity index (χ0) is 14.8. The van der Waals surface area contributed by atoms with Crippen LogP contribution in [-0.2, 0) is 4.74 Å².